The monoisotopic (exact) mass is 532 g/mol. The molecule has 0 fully saturated rings. The minimum Gasteiger partial charge on any atom is -0.484 e. The zero-order valence-corrected chi connectivity index (χ0v) is 18.8. The average Bonchev–Trinajstić information content (AvgIpc) is 3.12. The Labute approximate surface area is 190 Å². The van der Waals surface area contributed by atoms with Crippen molar-refractivity contribution in [2.45, 2.75) is 19.1 Å². The van der Waals surface area contributed by atoms with Gasteiger partial charge in [0.05, 0.1) is 0 Å². The SMILES string of the molecule is CN=C(NCCc1c[nH]c2ccccc12)NCc1cccc(OCC(F)(F)F)c1.I. The number of aromatic nitrogens is 1. The fraction of sp³-hybridized carbons (Fsp3) is 0.286. The van der Waals surface area contributed by atoms with Crippen molar-refractivity contribution in [3.63, 3.8) is 0 Å². The van der Waals surface area contributed by atoms with E-state index in [0.29, 0.717) is 19.0 Å². The van der Waals surface area contributed by atoms with Crippen molar-refractivity contribution in [2.24, 2.45) is 4.99 Å². The van der Waals surface area contributed by atoms with Crippen LogP contribution >= 0.6 is 24.0 Å². The number of nitrogens with one attached hydrogen (secondary N) is 3. The Kier molecular flexibility index (Phi) is 8.82. The highest BCUT2D eigenvalue weighted by Crippen LogP contribution is 2.19. The molecule has 9 heteroatoms. The van der Waals surface area contributed by atoms with E-state index in [2.05, 4.69) is 26.7 Å². The summed E-state index contributed by atoms with van der Waals surface area (Å²) in [6, 6.07) is 14.7. The van der Waals surface area contributed by atoms with Gasteiger partial charge in [0, 0.05) is 37.2 Å². The van der Waals surface area contributed by atoms with E-state index in [0.717, 1.165) is 17.5 Å². The third kappa shape index (κ3) is 7.12. The lowest BCUT2D eigenvalue weighted by atomic mass is 10.1. The highest BCUT2D eigenvalue weighted by Gasteiger charge is 2.28. The van der Waals surface area contributed by atoms with Gasteiger partial charge in [-0.05, 0) is 35.7 Å². The number of H-pyrrole nitrogens is 1. The molecule has 0 unspecified atom stereocenters. The van der Waals surface area contributed by atoms with E-state index in [1.165, 1.54) is 17.0 Å². The molecule has 0 saturated heterocycles. The van der Waals surface area contributed by atoms with Crippen LogP contribution in [0.15, 0.2) is 59.7 Å². The molecule has 30 heavy (non-hydrogen) atoms. The molecule has 0 atom stereocenters. The second-order valence-corrected chi connectivity index (χ2v) is 6.51. The smallest absolute Gasteiger partial charge is 0.422 e. The van der Waals surface area contributed by atoms with Crippen molar-refractivity contribution in [3.05, 3.63) is 65.9 Å². The number of aromatic amines is 1. The maximum absolute atomic E-state index is 12.3. The number of guanidine groups is 1. The van der Waals surface area contributed by atoms with Crippen LogP contribution in [0.25, 0.3) is 10.9 Å². The topological polar surface area (TPSA) is 61.4 Å². The van der Waals surface area contributed by atoms with Gasteiger partial charge in [0.1, 0.15) is 5.75 Å². The number of para-hydroxylation sites is 1. The Morgan fingerprint density at radius 3 is 2.67 bits per heavy atom. The zero-order valence-electron chi connectivity index (χ0n) is 16.4. The van der Waals surface area contributed by atoms with E-state index in [1.54, 1.807) is 19.2 Å². The van der Waals surface area contributed by atoms with Gasteiger partial charge in [0.25, 0.3) is 0 Å². The predicted octanol–water partition coefficient (Wildman–Crippen LogP) is 4.63. The minimum atomic E-state index is -4.36. The Morgan fingerprint density at radius 2 is 1.90 bits per heavy atom. The number of hydrogen-bond acceptors (Lipinski definition) is 2. The molecule has 3 N–H and O–H groups in total. The fourth-order valence-electron chi connectivity index (χ4n) is 2.97. The van der Waals surface area contributed by atoms with E-state index in [9.17, 15) is 13.2 Å². The number of benzene rings is 2. The van der Waals surface area contributed by atoms with Gasteiger partial charge in [-0.25, -0.2) is 0 Å². The van der Waals surface area contributed by atoms with Crippen LogP contribution in [0.1, 0.15) is 11.1 Å². The summed E-state index contributed by atoms with van der Waals surface area (Å²) in [6.07, 6.45) is -1.52. The third-order valence-electron chi connectivity index (χ3n) is 4.35. The van der Waals surface area contributed by atoms with Gasteiger partial charge in [-0.15, -0.1) is 24.0 Å². The number of ether oxygens (including phenoxy) is 1. The van der Waals surface area contributed by atoms with Crippen LogP contribution < -0.4 is 15.4 Å². The molecular formula is C21H24F3IN4O. The molecule has 1 heterocycles. The normalized spacial score (nSPS) is 11.8. The van der Waals surface area contributed by atoms with Crippen LogP contribution in [0.2, 0.25) is 0 Å². The molecule has 0 aliphatic heterocycles. The first kappa shape index (κ1) is 23.8. The molecule has 0 bridgehead atoms. The van der Waals surface area contributed by atoms with E-state index >= 15 is 0 Å². The lowest BCUT2D eigenvalue weighted by Crippen LogP contribution is -2.37. The summed E-state index contributed by atoms with van der Waals surface area (Å²) >= 11 is 0. The molecule has 0 aliphatic rings. The molecule has 2 aromatic carbocycles. The van der Waals surface area contributed by atoms with Gasteiger partial charge in [-0.1, -0.05) is 30.3 Å². The lowest BCUT2D eigenvalue weighted by molar-refractivity contribution is -0.153. The molecule has 0 radical (unpaired) electrons. The van der Waals surface area contributed by atoms with Crippen molar-refractivity contribution in [3.8, 4) is 5.75 Å². The van der Waals surface area contributed by atoms with Gasteiger partial charge in [0.2, 0.25) is 0 Å². The molecular weight excluding hydrogens is 508 g/mol. The molecule has 0 spiro atoms. The maximum atomic E-state index is 12.3. The summed E-state index contributed by atoms with van der Waals surface area (Å²) in [5.41, 5.74) is 3.12. The summed E-state index contributed by atoms with van der Waals surface area (Å²) in [5.74, 6) is 0.801. The van der Waals surface area contributed by atoms with Gasteiger partial charge in [-0.3, -0.25) is 4.99 Å². The second-order valence-electron chi connectivity index (χ2n) is 6.51. The van der Waals surface area contributed by atoms with Crippen molar-refractivity contribution < 1.29 is 17.9 Å². The lowest BCUT2D eigenvalue weighted by Gasteiger charge is -2.13. The van der Waals surface area contributed by atoms with Crippen LogP contribution in [-0.2, 0) is 13.0 Å². The average molecular weight is 532 g/mol. The fourth-order valence-corrected chi connectivity index (χ4v) is 2.97. The zero-order chi connectivity index (χ0) is 20.7. The summed E-state index contributed by atoms with van der Waals surface area (Å²) in [5, 5.41) is 7.60. The van der Waals surface area contributed by atoms with Gasteiger partial charge < -0.3 is 20.4 Å². The number of hydrogen-bond donors (Lipinski definition) is 3. The van der Waals surface area contributed by atoms with Crippen molar-refractivity contribution in [2.75, 3.05) is 20.2 Å². The van der Waals surface area contributed by atoms with Crippen molar-refractivity contribution >= 4 is 40.8 Å². The molecule has 5 nitrogen and oxygen atoms in total. The molecule has 0 saturated carbocycles. The van der Waals surface area contributed by atoms with Crippen LogP contribution in [0.5, 0.6) is 5.75 Å². The highest BCUT2D eigenvalue weighted by atomic mass is 127. The Balaban J connectivity index is 0.00000320. The van der Waals surface area contributed by atoms with E-state index in [4.69, 9.17) is 4.74 Å². The Hall–Kier alpha value is -2.43. The van der Waals surface area contributed by atoms with E-state index < -0.39 is 12.8 Å². The predicted molar refractivity (Wildman–Crippen MR) is 124 cm³/mol. The number of fused-ring (bicyclic) bond motifs is 1. The Bertz CT molecular complexity index is 972. The van der Waals surface area contributed by atoms with Crippen LogP contribution in [-0.4, -0.2) is 37.3 Å². The first-order chi connectivity index (χ1) is 13.9. The largest absolute Gasteiger partial charge is 0.484 e. The van der Waals surface area contributed by atoms with Gasteiger partial charge >= 0.3 is 6.18 Å². The van der Waals surface area contributed by atoms with Crippen molar-refractivity contribution in [1.29, 1.82) is 0 Å². The number of rotatable bonds is 7. The second kappa shape index (κ2) is 11.1. The first-order valence-corrected chi connectivity index (χ1v) is 9.22. The van der Waals surface area contributed by atoms with Gasteiger partial charge in [-0.2, -0.15) is 13.2 Å². The first-order valence-electron chi connectivity index (χ1n) is 9.22. The number of halogens is 4. The standard InChI is InChI=1S/C21H23F3N4O.HI/c1-25-20(26-10-9-16-13-27-19-8-3-2-7-18(16)19)28-12-15-5-4-6-17(11-15)29-14-21(22,23)24;/h2-8,11,13,27H,9-10,12,14H2,1H3,(H2,25,26,28);1H. The van der Waals surface area contributed by atoms with Crippen LogP contribution in [0, 0.1) is 0 Å². The van der Waals surface area contributed by atoms with E-state index in [1.807, 2.05) is 30.5 Å². The number of alkyl halides is 3. The molecule has 3 rings (SSSR count). The summed E-state index contributed by atoms with van der Waals surface area (Å²) in [4.78, 5) is 7.44. The highest BCUT2D eigenvalue weighted by molar-refractivity contribution is 14.0. The number of aliphatic imine (C=N–C) groups is 1. The summed E-state index contributed by atoms with van der Waals surface area (Å²) < 4.78 is 41.6. The molecule has 162 valence electrons. The quantitative estimate of drug-likeness (QED) is 0.236. The molecule has 3 aromatic rings. The molecule has 0 amide bonds. The number of nitrogens with zero attached hydrogens (tertiary/aromatic N) is 1. The molecule has 1 aromatic heterocycles. The van der Waals surface area contributed by atoms with E-state index in [-0.39, 0.29) is 29.7 Å². The minimum absolute atomic E-state index is 0. The van der Waals surface area contributed by atoms with Crippen LogP contribution in [0.4, 0.5) is 13.2 Å². The third-order valence-corrected chi connectivity index (χ3v) is 4.35. The summed E-state index contributed by atoms with van der Waals surface area (Å²) in [7, 11) is 1.67. The van der Waals surface area contributed by atoms with Gasteiger partial charge in [0.15, 0.2) is 12.6 Å². The summed E-state index contributed by atoms with van der Waals surface area (Å²) in [6.45, 7) is -0.201. The van der Waals surface area contributed by atoms with Crippen molar-refractivity contribution in [1.82, 2.24) is 15.6 Å². The van der Waals surface area contributed by atoms with Crippen LogP contribution in [0.3, 0.4) is 0 Å². The Morgan fingerprint density at radius 1 is 1.10 bits per heavy atom. The maximum Gasteiger partial charge on any atom is 0.422 e. The molecule has 0 aliphatic carbocycles.